The van der Waals surface area contributed by atoms with Gasteiger partial charge >= 0.3 is 0 Å². The molecule has 0 aliphatic heterocycles. The van der Waals surface area contributed by atoms with Crippen LogP contribution in [-0.2, 0) is 9.47 Å². The highest BCUT2D eigenvalue weighted by Gasteiger charge is 2.06. The molecule has 1 unspecified atom stereocenters. The lowest BCUT2D eigenvalue weighted by Gasteiger charge is -2.13. The van der Waals surface area contributed by atoms with E-state index in [1.807, 2.05) is 0 Å². The molecule has 0 aromatic rings. The molecule has 0 aliphatic carbocycles. The maximum atomic E-state index is 9.12. The predicted octanol–water partition coefficient (Wildman–Crippen LogP) is 5.74. The van der Waals surface area contributed by atoms with Gasteiger partial charge in [-0.25, -0.2) is 0 Å². The molecule has 0 saturated heterocycles. The monoisotopic (exact) mass is 344 g/mol. The number of hydrogen-bond acceptors (Lipinski definition) is 3. The van der Waals surface area contributed by atoms with Gasteiger partial charge in [-0.05, 0) is 6.42 Å². The summed E-state index contributed by atoms with van der Waals surface area (Å²) in [5.41, 5.74) is 0. The lowest BCUT2D eigenvalue weighted by Crippen LogP contribution is -2.19. The van der Waals surface area contributed by atoms with Crippen LogP contribution in [0.25, 0.3) is 0 Å². The molecule has 24 heavy (non-hydrogen) atoms. The van der Waals surface area contributed by atoms with Gasteiger partial charge in [-0.2, -0.15) is 0 Å². The molecule has 0 spiro atoms. The molecule has 0 aromatic carbocycles. The summed E-state index contributed by atoms with van der Waals surface area (Å²) in [5.74, 6) is 0.127. The molecule has 0 amide bonds. The van der Waals surface area contributed by atoms with Crippen molar-refractivity contribution in [3.05, 3.63) is 0 Å². The fourth-order valence-electron chi connectivity index (χ4n) is 3.04. The molecule has 3 nitrogen and oxygen atoms in total. The first kappa shape index (κ1) is 23.9. The minimum absolute atomic E-state index is 0.127. The lowest BCUT2D eigenvalue weighted by molar-refractivity contribution is 0.0301. The zero-order valence-electron chi connectivity index (χ0n) is 16.6. The van der Waals surface area contributed by atoms with Crippen LogP contribution in [0.4, 0.5) is 0 Å². The van der Waals surface area contributed by atoms with Crippen molar-refractivity contribution >= 4 is 0 Å². The van der Waals surface area contributed by atoms with Crippen LogP contribution in [0.15, 0.2) is 0 Å². The average Bonchev–Trinajstić information content (AvgIpc) is 2.60. The molecule has 0 saturated carbocycles. The number of aliphatic hydroxyl groups is 1. The van der Waals surface area contributed by atoms with E-state index in [2.05, 4.69) is 6.92 Å². The van der Waals surface area contributed by atoms with Crippen LogP contribution in [0.3, 0.4) is 0 Å². The van der Waals surface area contributed by atoms with E-state index in [9.17, 15) is 0 Å². The number of methoxy groups -OCH3 is 1. The van der Waals surface area contributed by atoms with E-state index < -0.39 is 0 Å². The summed E-state index contributed by atoms with van der Waals surface area (Å²) in [5, 5.41) is 9.12. The smallest absolute Gasteiger partial charge is 0.0538 e. The van der Waals surface area contributed by atoms with Crippen molar-refractivity contribution in [1.82, 2.24) is 0 Å². The van der Waals surface area contributed by atoms with Gasteiger partial charge in [0.2, 0.25) is 0 Å². The summed E-state index contributed by atoms with van der Waals surface area (Å²) in [6.45, 7) is 4.44. The van der Waals surface area contributed by atoms with Gasteiger partial charge in [0, 0.05) is 19.6 Å². The molecule has 3 heteroatoms. The van der Waals surface area contributed by atoms with Crippen molar-refractivity contribution in [3.63, 3.8) is 0 Å². The van der Waals surface area contributed by atoms with Gasteiger partial charge in [0.05, 0.1) is 19.8 Å². The normalized spacial score (nSPS) is 12.6. The Morgan fingerprint density at radius 2 is 1.12 bits per heavy atom. The summed E-state index contributed by atoms with van der Waals surface area (Å²) in [7, 11) is 1.66. The Kier molecular flexibility index (Phi) is 20.8. The highest BCUT2D eigenvalue weighted by atomic mass is 16.5. The second-order valence-corrected chi connectivity index (χ2v) is 7.18. The van der Waals surface area contributed by atoms with Crippen molar-refractivity contribution in [2.75, 3.05) is 33.5 Å². The Labute approximate surface area is 151 Å². The summed E-state index contributed by atoms with van der Waals surface area (Å²) in [6, 6.07) is 0. The molecule has 0 aromatic heterocycles. The largest absolute Gasteiger partial charge is 0.396 e. The van der Waals surface area contributed by atoms with E-state index in [1.165, 1.54) is 83.5 Å². The fraction of sp³-hybridized carbons (Fsp3) is 1.00. The first-order valence-electron chi connectivity index (χ1n) is 10.5. The van der Waals surface area contributed by atoms with E-state index >= 15 is 0 Å². The molecule has 1 atom stereocenters. The van der Waals surface area contributed by atoms with Crippen LogP contribution in [0.5, 0.6) is 0 Å². The third kappa shape index (κ3) is 18.2. The van der Waals surface area contributed by atoms with Crippen molar-refractivity contribution in [2.45, 2.75) is 96.8 Å². The highest BCUT2D eigenvalue weighted by molar-refractivity contribution is 4.54. The van der Waals surface area contributed by atoms with E-state index in [1.54, 1.807) is 7.11 Å². The standard InChI is InChI=1S/C21H44O3/c1-3-4-5-6-7-8-9-10-11-12-13-14-15-16-17-24-20-21(18-22)19-23-2/h21-22H,3-20H2,1-2H3. The summed E-state index contributed by atoms with van der Waals surface area (Å²) < 4.78 is 10.6. The minimum Gasteiger partial charge on any atom is -0.396 e. The summed E-state index contributed by atoms with van der Waals surface area (Å²) in [4.78, 5) is 0. The van der Waals surface area contributed by atoms with Crippen molar-refractivity contribution in [2.24, 2.45) is 5.92 Å². The molecule has 146 valence electrons. The molecular formula is C21H44O3. The Morgan fingerprint density at radius 3 is 1.54 bits per heavy atom. The van der Waals surface area contributed by atoms with Crippen LogP contribution < -0.4 is 0 Å². The fourth-order valence-corrected chi connectivity index (χ4v) is 3.04. The van der Waals surface area contributed by atoms with Gasteiger partial charge in [-0.1, -0.05) is 90.4 Å². The van der Waals surface area contributed by atoms with Crippen LogP contribution in [-0.4, -0.2) is 38.6 Å². The molecule has 0 heterocycles. The molecule has 0 fully saturated rings. The first-order chi connectivity index (χ1) is 11.8. The van der Waals surface area contributed by atoms with Crippen LogP contribution in [0.2, 0.25) is 0 Å². The van der Waals surface area contributed by atoms with Crippen LogP contribution >= 0.6 is 0 Å². The summed E-state index contributed by atoms with van der Waals surface area (Å²) >= 11 is 0. The average molecular weight is 345 g/mol. The Balaban J connectivity index is 3.07. The maximum Gasteiger partial charge on any atom is 0.0538 e. The first-order valence-corrected chi connectivity index (χ1v) is 10.5. The van der Waals surface area contributed by atoms with E-state index in [4.69, 9.17) is 14.6 Å². The number of rotatable bonds is 20. The Morgan fingerprint density at radius 1 is 0.667 bits per heavy atom. The third-order valence-corrected chi connectivity index (χ3v) is 4.66. The molecule has 0 bridgehead atoms. The van der Waals surface area contributed by atoms with E-state index in [-0.39, 0.29) is 12.5 Å². The SMILES string of the molecule is CCCCCCCCCCCCCCCCOCC(CO)COC. The highest BCUT2D eigenvalue weighted by Crippen LogP contribution is 2.13. The van der Waals surface area contributed by atoms with Gasteiger partial charge in [-0.3, -0.25) is 0 Å². The van der Waals surface area contributed by atoms with Crippen LogP contribution in [0.1, 0.15) is 96.8 Å². The van der Waals surface area contributed by atoms with Gasteiger partial charge in [0.1, 0.15) is 0 Å². The molecule has 1 N–H and O–H groups in total. The number of hydrogen-bond donors (Lipinski definition) is 1. The van der Waals surface area contributed by atoms with Crippen molar-refractivity contribution < 1.29 is 14.6 Å². The number of ether oxygens (including phenoxy) is 2. The second-order valence-electron chi connectivity index (χ2n) is 7.18. The number of aliphatic hydroxyl groups excluding tert-OH is 1. The molecule has 0 radical (unpaired) electrons. The molecular weight excluding hydrogens is 300 g/mol. The lowest BCUT2D eigenvalue weighted by atomic mass is 10.0. The molecule has 0 aliphatic rings. The predicted molar refractivity (Wildman–Crippen MR) is 104 cm³/mol. The van der Waals surface area contributed by atoms with Crippen LogP contribution in [0, 0.1) is 5.92 Å². The van der Waals surface area contributed by atoms with E-state index in [0.717, 1.165) is 13.0 Å². The Hall–Kier alpha value is -0.120. The summed E-state index contributed by atoms with van der Waals surface area (Å²) in [6.07, 6.45) is 19.3. The van der Waals surface area contributed by atoms with E-state index in [0.29, 0.717) is 13.2 Å². The zero-order valence-corrected chi connectivity index (χ0v) is 16.6. The second kappa shape index (κ2) is 20.9. The van der Waals surface area contributed by atoms with Crippen molar-refractivity contribution in [3.8, 4) is 0 Å². The molecule has 0 rings (SSSR count). The maximum absolute atomic E-state index is 9.12. The quantitative estimate of drug-likeness (QED) is 0.286. The van der Waals surface area contributed by atoms with Gasteiger partial charge in [0.15, 0.2) is 0 Å². The van der Waals surface area contributed by atoms with Gasteiger partial charge in [0.25, 0.3) is 0 Å². The zero-order chi connectivity index (χ0) is 17.7. The van der Waals surface area contributed by atoms with Crippen molar-refractivity contribution in [1.29, 1.82) is 0 Å². The Bertz CT molecular complexity index is 221. The van der Waals surface area contributed by atoms with Gasteiger partial charge < -0.3 is 14.6 Å². The topological polar surface area (TPSA) is 38.7 Å². The number of unbranched alkanes of at least 4 members (excludes halogenated alkanes) is 13. The van der Waals surface area contributed by atoms with Gasteiger partial charge in [-0.15, -0.1) is 0 Å². The third-order valence-electron chi connectivity index (χ3n) is 4.66. The minimum atomic E-state index is 0.127.